The third-order valence-corrected chi connectivity index (χ3v) is 6.11. The molecule has 0 saturated carbocycles. The van der Waals surface area contributed by atoms with E-state index in [4.69, 9.17) is 9.47 Å². The highest BCUT2D eigenvalue weighted by atomic mass is 19.1. The molecule has 4 rings (SSSR count). The van der Waals surface area contributed by atoms with Gasteiger partial charge < -0.3 is 14.8 Å². The lowest BCUT2D eigenvalue weighted by Gasteiger charge is -2.32. The van der Waals surface area contributed by atoms with E-state index in [0.717, 1.165) is 38.0 Å². The molecule has 1 N–H and O–H groups in total. The molecule has 3 aromatic carbocycles. The molecule has 0 radical (unpaired) electrons. The van der Waals surface area contributed by atoms with Crippen LogP contribution in [0.15, 0.2) is 72.8 Å². The van der Waals surface area contributed by atoms with Crippen molar-refractivity contribution in [2.24, 2.45) is 0 Å². The average molecular weight is 449 g/mol. The van der Waals surface area contributed by atoms with Crippen molar-refractivity contribution in [3.63, 3.8) is 0 Å². The molecular formula is C28H33FN2O2. The summed E-state index contributed by atoms with van der Waals surface area (Å²) in [4.78, 5) is 2.52. The van der Waals surface area contributed by atoms with E-state index in [1.54, 1.807) is 12.1 Å². The van der Waals surface area contributed by atoms with Gasteiger partial charge in [-0.05, 0) is 50.6 Å². The highest BCUT2D eigenvalue weighted by Gasteiger charge is 2.20. The first-order valence-electron chi connectivity index (χ1n) is 11.8. The minimum atomic E-state index is -0.256. The van der Waals surface area contributed by atoms with Crippen molar-refractivity contribution in [3.8, 4) is 11.5 Å². The minimum Gasteiger partial charge on any atom is -0.490 e. The smallest absolute Gasteiger partial charge is 0.166 e. The van der Waals surface area contributed by atoms with Crippen LogP contribution in [0.2, 0.25) is 0 Å². The normalized spacial score (nSPS) is 14.8. The fourth-order valence-corrected chi connectivity index (χ4v) is 4.29. The monoisotopic (exact) mass is 448 g/mol. The van der Waals surface area contributed by atoms with Crippen molar-refractivity contribution in [1.29, 1.82) is 0 Å². The van der Waals surface area contributed by atoms with Crippen LogP contribution in [-0.2, 0) is 19.7 Å². The summed E-state index contributed by atoms with van der Waals surface area (Å²) in [5, 5.41) is 3.71. The molecular weight excluding hydrogens is 415 g/mol. The number of hydrogen-bond donors (Lipinski definition) is 1. The van der Waals surface area contributed by atoms with E-state index < -0.39 is 0 Å². The van der Waals surface area contributed by atoms with Crippen molar-refractivity contribution >= 4 is 0 Å². The van der Waals surface area contributed by atoms with Gasteiger partial charge in [0, 0.05) is 30.3 Å². The third kappa shape index (κ3) is 6.56. The second kappa shape index (κ2) is 11.8. The van der Waals surface area contributed by atoms with Crippen LogP contribution in [0.5, 0.6) is 11.5 Å². The Hall–Kier alpha value is -2.89. The maximum Gasteiger partial charge on any atom is 0.166 e. The first-order valence-corrected chi connectivity index (χ1v) is 11.8. The van der Waals surface area contributed by atoms with Gasteiger partial charge in [-0.1, -0.05) is 60.7 Å². The summed E-state index contributed by atoms with van der Waals surface area (Å²) in [6, 6.07) is 23.8. The molecule has 0 aromatic heterocycles. The van der Waals surface area contributed by atoms with Crippen molar-refractivity contribution in [2.75, 3.05) is 19.7 Å². The number of benzene rings is 3. The molecule has 1 aliphatic rings. The Morgan fingerprint density at radius 3 is 2.36 bits per heavy atom. The number of hydrogen-bond acceptors (Lipinski definition) is 4. The molecule has 4 nitrogen and oxygen atoms in total. The first kappa shape index (κ1) is 23.3. The number of nitrogens with one attached hydrogen (secondary N) is 1. The molecule has 1 saturated heterocycles. The molecule has 0 aliphatic carbocycles. The van der Waals surface area contributed by atoms with Gasteiger partial charge in [0.15, 0.2) is 11.5 Å². The molecule has 0 atom stereocenters. The molecule has 0 spiro atoms. The fourth-order valence-electron chi connectivity index (χ4n) is 4.29. The zero-order valence-corrected chi connectivity index (χ0v) is 19.3. The largest absolute Gasteiger partial charge is 0.490 e. The average Bonchev–Trinajstić information content (AvgIpc) is 2.85. The number of likely N-dealkylation sites (tertiary alicyclic amines) is 1. The molecule has 33 heavy (non-hydrogen) atoms. The predicted molar refractivity (Wildman–Crippen MR) is 130 cm³/mol. The van der Waals surface area contributed by atoms with E-state index >= 15 is 0 Å². The number of nitrogens with zero attached hydrogens (tertiary/aromatic N) is 1. The van der Waals surface area contributed by atoms with Gasteiger partial charge in [-0.15, -0.1) is 0 Å². The summed E-state index contributed by atoms with van der Waals surface area (Å²) in [6.45, 7) is 6.54. The Morgan fingerprint density at radius 2 is 1.61 bits per heavy atom. The third-order valence-electron chi connectivity index (χ3n) is 6.11. The lowest BCUT2D eigenvalue weighted by Crippen LogP contribution is -2.41. The van der Waals surface area contributed by atoms with Gasteiger partial charge in [0.05, 0.1) is 6.61 Å². The number of halogens is 1. The van der Waals surface area contributed by atoms with Gasteiger partial charge in [0.25, 0.3) is 0 Å². The molecule has 3 aromatic rings. The summed E-state index contributed by atoms with van der Waals surface area (Å²) in [6.07, 6.45) is 2.23. The van der Waals surface area contributed by atoms with E-state index in [2.05, 4.69) is 46.6 Å². The van der Waals surface area contributed by atoms with Gasteiger partial charge >= 0.3 is 0 Å². The number of ether oxygens (including phenoxy) is 2. The van der Waals surface area contributed by atoms with Crippen LogP contribution < -0.4 is 14.8 Å². The first-order chi connectivity index (χ1) is 16.2. The van der Waals surface area contributed by atoms with Crippen LogP contribution in [0.3, 0.4) is 0 Å². The summed E-state index contributed by atoms with van der Waals surface area (Å²) in [7, 11) is 0. The Morgan fingerprint density at radius 1 is 0.879 bits per heavy atom. The van der Waals surface area contributed by atoms with E-state index in [1.807, 2.05) is 25.1 Å². The van der Waals surface area contributed by atoms with Crippen molar-refractivity contribution in [3.05, 3.63) is 95.3 Å². The molecule has 1 fully saturated rings. The summed E-state index contributed by atoms with van der Waals surface area (Å²) in [5.41, 5.74) is 2.94. The maximum absolute atomic E-state index is 14.1. The van der Waals surface area contributed by atoms with Gasteiger partial charge in [-0.3, -0.25) is 4.90 Å². The number of piperidine rings is 1. The van der Waals surface area contributed by atoms with Crippen LogP contribution >= 0.6 is 0 Å². The topological polar surface area (TPSA) is 33.7 Å². The van der Waals surface area contributed by atoms with Gasteiger partial charge in [0.2, 0.25) is 0 Å². The molecule has 1 heterocycles. The lowest BCUT2D eigenvalue weighted by molar-refractivity contribution is 0.189. The van der Waals surface area contributed by atoms with Crippen molar-refractivity contribution in [2.45, 2.75) is 45.5 Å². The molecule has 0 amide bonds. The van der Waals surface area contributed by atoms with E-state index in [0.29, 0.717) is 36.3 Å². The van der Waals surface area contributed by atoms with Gasteiger partial charge in [0.1, 0.15) is 12.4 Å². The Bertz CT molecular complexity index is 1000. The summed E-state index contributed by atoms with van der Waals surface area (Å²) >= 11 is 0. The number of rotatable bonds is 10. The minimum absolute atomic E-state index is 0.168. The fraction of sp³-hybridized carbons (Fsp3) is 0.357. The van der Waals surface area contributed by atoms with Crippen LogP contribution in [-0.4, -0.2) is 30.6 Å². The zero-order chi connectivity index (χ0) is 22.9. The van der Waals surface area contributed by atoms with Gasteiger partial charge in [-0.2, -0.15) is 0 Å². The summed E-state index contributed by atoms with van der Waals surface area (Å²) < 4.78 is 26.0. The molecule has 0 bridgehead atoms. The van der Waals surface area contributed by atoms with Crippen LogP contribution in [0.4, 0.5) is 4.39 Å². The Kier molecular flexibility index (Phi) is 8.34. The second-order valence-corrected chi connectivity index (χ2v) is 8.47. The number of para-hydroxylation sites is 1. The maximum atomic E-state index is 14.1. The van der Waals surface area contributed by atoms with E-state index in [9.17, 15) is 4.39 Å². The zero-order valence-electron chi connectivity index (χ0n) is 19.3. The van der Waals surface area contributed by atoms with Crippen LogP contribution in [0, 0.1) is 5.82 Å². The van der Waals surface area contributed by atoms with Crippen molar-refractivity contribution in [1.82, 2.24) is 10.2 Å². The SMILES string of the molecule is CCOc1cccc(CNC2CCN(Cc3ccccc3)CC2)c1OCc1ccccc1F. The predicted octanol–water partition coefficient (Wildman–Crippen LogP) is 5.56. The van der Waals surface area contributed by atoms with Crippen LogP contribution in [0.1, 0.15) is 36.5 Å². The van der Waals surface area contributed by atoms with Gasteiger partial charge in [-0.25, -0.2) is 4.39 Å². The van der Waals surface area contributed by atoms with Crippen LogP contribution in [0.25, 0.3) is 0 Å². The van der Waals surface area contributed by atoms with Crippen molar-refractivity contribution < 1.29 is 13.9 Å². The van der Waals surface area contributed by atoms with E-state index in [-0.39, 0.29) is 12.4 Å². The molecule has 1 aliphatic heterocycles. The standard InChI is InChI=1S/C28H33FN2O2/c1-2-32-27-14-8-12-23(28(27)33-21-24-11-6-7-13-26(24)29)19-30-25-15-17-31(18-16-25)20-22-9-4-3-5-10-22/h3-14,25,30H,2,15-21H2,1H3. The molecule has 0 unspecified atom stereocenters. The van der Waals surface area contributed by atoms with E-state index in [1.165, 1.54) is 11.6 Å². The Labute approximate surface area is 196 Å². The quantitative estimate of drug-likeness (QED) is 0.440. The lowest BCUT2D eigenvalue weighted by atomic mass is 10.0. The second-order valence-electron chi connectivity index (χ2n) is 8.47. The molecule has 5 heteroatoms. The summed E-state index contributed by atoms with van der Waals surface area (Å²) in [5.74, 6) is 1.13. The highest BCUT2D eigenvalue weighted by Crippen LogP contribution is 2.32. The highest BCUT2D eigenvalue weighted by molar-refractivity contribution is 5.47. The Balaban J connectivity index is 1.34. The molecule has 174 valence electrons.